The Bertz CT molecular complexity index is 909. The average Bonchev–Trinajstić information content (AvgIpc) is 2.64. The molecule has 2 aromatic carbocycles. The number of anilines is 1. The third-order valence-corrected chi connectivity index (χ3v) is 5.51. The third kappa shape index (κ3) is 4.36. The van der Waals surface area contributed by atoms with Crippen LogP contribution in [0.1, 0.15) is 5.56 Å². The molecule has 27 heavy (non-hydrogen) atoms. The van der Waals surface area contributed by atoms with Gasteiger partial charge < -0.3 is 9.47 Å². The highest BCUT2D eigenvalue weighted by Crippen LogP contribution is 2.34. The summed E-state index contributed by atoms with van der Waals surface area (Å²) in [5, 5.41) is 0. The van der Waals surface area contributed by atoms with Gasteiger partial charge in [-0.05, 0) is 36.4 Å². The number of halogens is 3. The van der Waals surface area contributed by atoms with Gasteiger partial charge in [0.05, 0.1) is 36.9 Å². The molecule has 0 aliphatic heterocycles. The maximum Gasteiger partial charge on any atom is 0.416 e. The molecule has 146 valence electrons. The molecule has 2 rings (SSSR count). The van der Waals surface area contributed by atoms with Crippen LogP contribution in [-0.4, -0.2) is 29.2 Å². The maximum absolute atomic E-state index is 13.0. The van der Waals surface area contributed by atoms with E-state index in [1.807, 2.05) is 0 Å². The second-order valence-electron chi connectivity index (χ2n) is 5.39. The quantitative estimate of drug-likeness (QED) is 0.656. The van der Waals surface area contributed by atoms with Gasteiger partial charge in [0.15, 0.2) is 11.5 Å². The first kappa shape index (κ1) is 20.6. The summed E-state index contributed by atoms with van der Waals surface area (Å²) in [6.45, 7) is 3.40. The highest BCUT2D eigenvalue weighted by molar-refractivity contribution is 7.92. The van der Waals surface area contributed by atoms with Gasteiger partial charge in [0.2, 0.25) is 0 Å². The first-order chi connectivity index (χ1) is 12.6. The van der Waals surface area contributed by atoms with E-state index in [9.17, 15) is 21.6 Å². The molecule has 0 amide bonds. The number of alkyl halides is 3. The van der Waals surface area contributed by atoms with E-state index in [-0.39, 0.29) is 22.9 Å². The summed E-state index contributed by atoms with van der Waals surface area (Å²) < 4.78 is 75.5. The van der Waals surface area contributed by atoms with Crippen molar-refractivity contribution in [2.24, 2.45) is 0 Å². The van der Waals surface area contributed by atoms with Crippen molar-refractivity contribution < 1.29 is 31.1 Å². The SMILES string of the molecule is C=CCN(c1ccc(C(F)(F)F)cc1)S(=O)(=O)c1ccc(OC)c(OC)c1. The van der Waals surface area contributed by atoms with Gasteiger partial charge in [0.25, 0.3) is 10.0 Å². The second kappa shape index (κ2) is 7.91. The molecule has 5 nitrogen and oxygen atoms in total. The Balaban J connectivity index is 2.50. The molecule has 0 heterocycles. The van der Waals surface area contributed by atoms with Crippen molar-refractivity contribution >= 4 is 15.7 Å². The molecule has 0 aliphatic carbocycles. The van der Waals surface area contributed by atoms with E-state index < -0.39 is 21.8 Å². The molecular formula is C18H18F3NO4S. The normalized spacial score (nSPS) is 11.7. The van der Waals surface area contributed by atoms with Crippen LogP contribution in [0.15, 0.2) is 60.0 Å². The molecule has 0 atom stereocenters. The number of ether oxygens (including phenoxy) is 2. The fraction of sp³-hybridized carbons (Fsp3) is 0.222. The summed E-state index contributed by atoms with van der Waals surface area (Å²) in [5.41, 5.74) is -0.786. The van der Waals surface area contributed by atoms with E-state index in [0.29, 0.717) is 5.75 Å². The zero-order valence-electron chi connectivity index (χ0n) is 14.7. The van der Waals surface area contributed by atoms with Crippen molar-refractivity contribution in [3.8, 4) is 11.5 Å². The van der Waals surface area contributed by atoms with E-state index in [1.54, 1.807) is 0 Å². The lowest BCUT2D eigenvalue weighted by Crippen LogP contribution is -2.31. The van der Waals surface area contributed by atoms with Gasteiger partial charge >= 0.3 is 6.18 Å². The van der Waals surface area contributed by atoms with Crippen molar-refractivity contribution in [2.75, 3.05) is 25.1 Å². The fourth-order valence-electron chi connectivity index (χ4n) is 2.38. The zero-order valence-corrected chi connectivity index (χ0v) is 15.5. The van der Waals surface area contributed by atoms with Crippen molar-refractivity contribution in [3.63, 3.8) is 0 Å². The molecule has 0 unspecified atom stereocenters. The number of hydrogen-bond acceptors (Lipinski definition) is 4. The van der Waals surface area contributed by atoms with Crippen molar-refractivity contribution in [3.05, 3.63) is 60.7 Å². The topological polar surface area (TPSA) is 55.8 Å². The molecule has 0 fully saturated rings. The minimum absolute atomic E-state index is 0.0812. The standard InChI is InChI=1S/C18H18F3NO4S/c1-4-11-22(14-7-5-13(6-8-14)18(19,20)21)27(23,24)15-9-10-16(25-2)17(12-15)26-3/h4-10,12H,1,11H2,2-3H3. The number of nitrogens with zero attached hydrogens (tertiary/aromatic N) is 1. The molecule has 9 heteroatoms. The van der Waals surface area contributed by atoms with Crippen LogP contribution in [0.3, 0.4) is 0 Å². The fourth-order valence-corrected chi connectivity index (χ4v) is 3.83. The van der Waals surface area contributed by atoms with E-state index >= 15 is 0 Å². The van der Waals surface area contributed by atoms with Crippen LogP contribution in [0, 0.1) is 0 Å². The molecule has 0 N–H and O–H groups in total. The average molecular weight is 401 g/mol. The number of hydrogen-bond donors (Lipinski definition) is 0. The lowest BCUT2D eigenvalue weighted by molar-refractivity contribution is -0.137. The molecule has 0 aliphatic rings. The Labute approximate surface area is 155 Å². The number of sulfonamides is 1. The molecule has 0 aromatic heterocycles. The molecular weight excluding hydrogens is 383 g/mol. The minimum Gasteiger partial charge on any atom is -0.493 e. The lowest BCUT2D eigenvalue weighted by Gasteiger charge is -2.24. The predicted molar refractivity (Wildman–Crippen MR) is 95.7 cm³/mol. The molecule has 0 radical (unpaired) electrons. The van der Waals surface area contributed by atoms with Gasteiger partial charge in [-0.3, -0.25) is 4.31 Å². The zero-order chi connectivity index (χ0) is 20.2. The Morgan fingerprint density at radius 3 is 2.11 bits per heavy atom. The Hall–Kier alpha value is -2.68. The summed E-state index contributed by atoms with van der Waals surface area (Å²) in [7, 11) is -1.30. The highest BCUT2D eigenvalue weighted by Gasteiger charge is 2.31. The van der Waals surface area contributed by atoms with E-state index in [4.69, 9.17) is 9.47 Å². The molecule has 0 bridgehead atoms. The van der Waals surface area contributed by atoms with Gasteiger partial charge in [0, 0.05) is 6.07 Å². The Kier molecular flexibility index (Phi) is 6.04. The molecule has 0 saturated carbocycles. The van der Waals surface area contributed by atoms with Gasteiger partial charge in [-0.1, -0.05) is 6.08 Å². The van der Waals surface area contributed by atoms with E-state index in [2.05, 4.69) is 6.58 Å². The highest BCUT2D eigenvalue weighted by atomic mass is 32.2. The van der Waals surface area contributed by atoms with Crippen LogP contribution < -0.4 is 13.8 Å². The van der Waals surface area contributed by atoms with E-state index in [1.165, 1.54) is 38.5 Å². The summed E-state index contributed by atoms with van der Waals surface area (Å²) >= 11 is 0. The Morgan fingerprint density at radius 2 is 1.63 bits per heavy atom. The molecule has 0 saturated heterocycles. The number of benzene rings is 2. The van der Waals surface area contributed by atoms with Crippen molar-refractivity contribution in [2.45, 2.75) is 11.1 Å². The van der Waals surface area contributed by atoms with Crippen LogP contribution in [0.25, 0.3) is 0 Å². The minimum atomic E-state index is -4.51. The summed E-state index contributed by atoms with van der Waals surface area (Å²) in [6, 6.07) is 7.91. The third-order valence-electron chi connectivity index (χ3n) is 3.72. The van der Waals surface area contributed by atoms with Gasteiger partial charge in [-0.2, -0.15) is 13.2 Å². The van der Waals surface area contributed by atoms with E-state index in [0.717, 1.165) is 28.6 Å². The molecule has 2 aromatic rings. The second-order valence-corrected chi connectivity index (χ2v) is 7.25. The first-order valence-corrected chi connectivity index (χ1v) is 9.12. The van der Waals surface area contributed by atoms with Gasteiger partial charge in [0.1, 0.15) is 0 Å². The predicted octanol–water partition coefficient (Wildman–Crippen LogP) is 4.10. The van der Waals surface area contributed by atoms with Crippen LogP contribution in [0.2, 0.25) is 0 Å². The number of rotatable bonds is 7. The van der Waals surface area contributed by atoms with Crippen LogP contribution in [0.4, 0.5) is 18.9 Å². The van der Waals surface area contributed by atoms with Crippen LogP contribution in [0.5, 0.6) is 11.5 Å². The summed E-state index contributed by atoms with van der Waals surface area (Å²) in [5.74, 6) is 0.561. The van der Waals surface area contributed by atoms with Crippen molar-refractivity contribution in [1.29, 1.82) is 0 Å². The first-order valence-electron chi connectivity index (χ1n) is 7.68. The Morgan fingerprint density at radius 1 is 1.04 bits per heavy atom. The molecule has 0 spiro atoms. The van der Waals surface area contributed by atoms with Gasteiger partial charge in [-0.25, -0.2) is 8.42 Å². The van der Waals surface area contributed by atoms with Crippen LogP contribution in [-0.2, 0) is 16.2 Å². The smallest absolute Gasteiger partial charge is 0.416 e. The largest absolute Gasteiger partial charge is 0.493 e. The maximum atomic E-state index is 13.0. The summed E-state index contributed by atoms with van der Waals surface area (Å²) in [6.07, 6.45) is -3.17. The monoisotopic (exact) mass is 401 g/mol. The summed E-state index contributed by atoms with van der Waals surface area (Å²) in [4.78, 5) is -0.0955. The van der Waals surface area contributed by atoms with Crippen molar-refractivity contribution in [1.82, 2.24) is 0 Å². The van der Waals surface area contributed by atoms with Gasteiger partial charge in [-0.15, -0.1) is 6.58 Å². The number of methoxy groups -OCH3 is 2. The lowest BCUT2D eigenvalue weighted by atomic mass is 10.2. The van der Waals surface area contributed by atoms with Crippen LogP contribution >= 0.6 is 0 Å².